The van der Waals surface area contributed by atoms with Crippen molar-refractivity contribution in [2.24, 2.45) is 11.1 Å². The number of methoxy groups -OCH3 is 1. The topological polar surface area (TPSA) is 93.4 Å². The molecule has 1 amide bonds. The van der Waals surface area contributed by atoms with Crippen LogP contribution in [0, 0.1) is 17.0 Å². The van der Waals surface area contributed by atoms with Crippen LogP contribution in [0.15, 0.2) is 60.7 Å². The van der Waals surface area contributed by atoms with Crippen molar-refractivity contribution in [2.75, 3.05) is 12.4 Å². The predicted octanol–water partition coefficient (Wildman–Crippen LogP) is 6.41. The molecule has 4 N–H and O–H groups in total. The van der Waals surface area contributed by atoms with E-state index in [1.54, 1.807) is 18.2 Å². The first-order chi connectivity index (χ1) is 18.8. The van der Waals surface area contributed by atoms with Crippen molar-refractivity contribution in [3.63, 3.8) is 0 Å². The number of hydrogen-bond donors (Lipinski definition) is 3. The Kier molecular flexibility index (Phi) is 8.57. The summed E-state index contributed by atoms with van der Waals surface area (Å²) >= 11 is 12.2. The van der Waals surface area contributed by atoms with Gasteiger partial charge in [-0.3, -0.25) is 4.79 Å². The quantitative estimate of drug-likeness (QED) is 0.289. The summed E-state index contributed by atoms with van der Waals surface area (Å²) in [5, 5.41) is 6.16. The van der Waals surface area contributed by atoms with Crippen LogP contribution < -0.4 is 16.4 Å². The second-order valence-electron chi connectivity index (χ2n) is 11.2. The molecule has 3 aromatic rings. The highest BCUT2D eigenvalue weighted by molar-refractivity contribution is 6.31. The minimum absolute atomic E-state index is 0.0782. The third kappa shape index (κ3) is 5.86. The molecule has 1 fully saturated rings. The summed E-state index contributed by atoms with van der Waals surface area (Å²) in [7, 11) is 1.27. The number of rotatable bonds is 6. The van der Waals surface area contributed by atoms with Gasteiger partial charge < -0.3 is 21.1 Å². The highest BCUT2D eigenvalue weighted by Gasteiger charge is 2.58. The molecule has 3 aromatic carbocycles. The van der Waals surface area contributed by atoms with E-state index in [9.17, 15) is 9.59 Å². The fourth-order valence-electron chi connectivity index (χ4n) is 5.43. The molecule has 0 aliphatic carbocycles. The van der Waals surface area contributed by atoms with Gasteiger partial charge in [-0.25, -0.2) is 13.6 Å². The molecule has 4 unspecified atom stereocenters. The number of benzene rings is 3. The lowest BCUT2D eigenvalue weighted by Gasteiger charge is -2.40. The van der Waals surface area contributed by atoms with E-state index in [0.717, 1.165) is 6.07 Å². The number of hydrogen-bond acceptors (Lipinski definition) is 5. The van der Waals surface area contributed by atoms with Crippen LogP contribution in [0.25, 0.3) is 0 Å². The lowest BCUT2D eigenvalue weighted by Crippen LogP contribution is -2.52. The van der Waals surface area contributed by atoms with E-state index in [4.69, 9.17) is 33.7 Å². The molecule has 6 nitrogen and oxygen atoms in total. The van der Waals surface area contributed by atoms with Crippen molar-refractivity contribution in [1.82, 2.24) is 5.32 Å². The van der Waals surface area contributed by atoms with Crippen LogP contribution in [0.4, 0.5) is 14.5 Å². The number of anilines is 1. The van der Waals surface area contributed by atoms with E-state index in [1.165, 1.54) is 43.5 Å². The first kappa shape index (κ1) is 29.9. The molecule has 4 atom stereocenters. The number of esters is 1. The number of halogens is 4. The van der Waals surface area contributed by atoms with Crippen LogP contribution >= 0.6 is 23.2 Å². The van der Waals surface area contributed by atoms with Crippen molar-refractivity contribution < 1.29 is 23.1 Å². The normalized spacial score (nSPS) is 22.7. The lowest BCUT2D eigenvalue weighted by molar-refractivity contribution is -0.118. The van der Waals surface area contributed by atoms with Crippen LogP contribution in [0.3, 0.4) is 0 Å². The van der Waals surface area contributed by atoms with E-state index < -0.39 is 47.1 Å². The van der Waals surface area contributed by atoms with Crippen molar-refractivity contribution in [2.45, 2.75) is 50.7 Å². The maximum Gasteiger partial charge on any atom is 0.337 e. The van der Waals surface area contributed by atoms with Crippen molar-refractivity contribution in [3.05, 3.63) is 99.0 Å². The van der Waals surface area contributed by atoms with Gasteiger partial charge in [0.05, 0.1) is 29.3 Å². The largest absolute Gasteiger partial charge is 0.465 e. The summed E-state index contributed by atoms with van der Waals surface area (Å²) in [5.41, 5.74) is 6.19. The number of amides is 1. The monoisotopic (exact) mass is 589 g/mol. The molecule has 0 saturated carbocycles. The van der Waals surface area contributed by atoms with Gasteiger partial charge >= 0.3 is 5.97 Å². The number of carbonyl (C=O) groups is 2. The van der Waals surface area contributed by atoms with Gasteiger partial charge in [-0.2, -0.15) is 0 Å². The zero-order valence-electron chi connectivity index (χ0n) is 22.5. The Labute approximate surface area is 242 Å². The minimum Gasteiger partial charge on any atom is -0.465 e. The number of nitrogens with two attached hydrogens (primary N) is 1. The zero-order valence-corrected chi connectivity index (χ0v) is 24.0. The Morgan fingerprint density at radius 1 is 1.07 bits per heavy atom. The Bertz CT molecular complexity index is 1430. The summed E-state index contributed by atoms with van der Waals surface area (Å²) in [6, 6.07) is 13.0. The third-order valence-corrected chi connectivity index (χ3v) is 7.72. The molecule has 0 bridgehead atoms. The molecule has 1 aliphatic rings. The number of nitrogens with one attached hydrogen (secondary N) is 2. The fraction of sp³-hybridized carbons (Fsp3) is 0.333. The molecule has 0 radical (unpaired) electrons. The molecule has 1 heterocycles. The fourth-order valence-corrected chi connectivity index (χ4v) is 5.77. The van der Waals surface area contributed by atoms with Crippen LogP contribution in [-0.4, -0.2) is 31.1 Å². The van der Waals surface area contributed by atoms with Crippen LogP contribution in [0.2, 0.25) is 10.0 Å². The molecule has 10 heteroatoms. The Hall–Kier alpha value is -3.04. The Balaban J connectivity index is 1.85. The molecule has 0 spiro atoms. The van der Waals surface area contributed by atoms with Gasteiger partial charge in [0, 0.05) is 28.2 Å². The molecular weight excluding hydrogens is 559 g/mol. The first-order valence-corrected chi connectivity index (χ1v) is 13.5. The molecule has 40 heavy (non-hydrogen) atoms. The lowest BCUT2D eigenvalue weighted by atomic mass is 9.68. The van der Waals surface area contributed by atoms with Gasteiger partial charge in [-0.1, -0.05) is 62.2 Å². The predicted molar refractivity (Wildman–Crippen MR) is 153 cm³/mol. The summed E-state index contributed by atoms with van der Waals surface area (Å²) in [5.74, 6) is -3.51. The molecule has 1 aliphatic heterocycles. The minimum atomic E-state index is -1.58. The first-order valence-electron chi connectivity index (χ1n) is 12.7. The van der Waals surface area contributed by atoms with Gasteiger partial charge in [0.25, 0.3) is 0 Å². The molecule has 1 saturated heterocycles. The maximum atomic E-state index is 15.7. The summed E-state index contributed by atoms with van der Waals surface area (Å²) < 4.78 is 36.0. The third-order valence-electron chi connectivity index (χ3n) is 7.19. The number of carbonyl (C=O) groups excluding carboxylic acids is 2. The van der Waals surface area contributed by atoms with E-state index in [0.29, 0.717) is 17.7 Å². The second-order valence-corrected chi connectivity index (χ2v) is 12.0. The van der Waals surface area contributed by atoms with Crippen LogP contribution in [0.5, 0.6) is 0 Å². The maximum absolute atomic E-state index is 15.7. The van der Waals surface area contributed by atoms with E-state index in [2.05, 4.69) is 10.6 Å². The second kappa shape index (κ2) is 11.4. The molecular formula is C30H31Cl2F2N3O3. The summed E-state index contributed by atoms with van der Waals surface area (Å²) in [4.78, 5) is 25.6. The van der Waals surface area contributed by atoms with Gasteiger partial charge in [-0.15, -0.1) is 0 Å². The zero-order chi connectivity index (χ0) is 29.4. The summed E-state index contributed by atoms with van der Waals surface area (Å²) in [6.45, 7) is 6.00. The van der Waals surface area contributed by atoms with Crippen molar-refractivity contribution in [1.29, 1.82) is 0 Å². The number of ether oxygens (including phenoxy) is 1. The summed E-state index contributed by atoms with van der Waals surface area (Å²) in [6.07, 6.45) is 0.432. The SMILES string of the molecule is COC(=O)c1ccc(NC(=O)C2NC(CC(C)(C)C)C(N)(c3ccc(Cl)cc3F)C2c2cccc(Cl)c2F)cc1. The van der Waals surface area contributed by atoms with E-state index >= 15 is 8.78 Å². The standard InChI is InChI=1S/C30H31Cl2F2N3O3/c1-29(2,3)15-23-30(35,20-13-10-17(31)14-22(20)33)24(19-6-5-7-21(32)25(19)34)26(37-23)27(38)36-18-11-8-16(9-12-18)28(39)40-4/h5-14,23-24,26,37H,15,35H2,1-4H3,(H,36,38). The molecule has 0 aromatic heterocycles. The smallest absolute Gasteiger partial charge is 0.337 e. The van der Waals surface area contributed by atoms with Crippen LogP contribution in [0.1, 0.15) is 54.6 Å². The highest BCUT2D eigenvalue weighted by atomic mass is 35.5. The van der Waals surface area contributed by atoms with Gasteiger partial charge in [0.15, 0.2) is 0 Å². The average Bonchev–Trinajstić information content (AvgIpc) is 3.16. The van der Waals surface area contributed by atoms with Gasteiger partial charge in [-0.05, 0) is 59.9 Å². The Morgan fingerprint density at radius 2 is 1.75 bits per heavy atom. The Morgan fingerprint density at radius 3 is 2.35 bits per heavy atom. The molecule has 212 valence electrons. The van der Waals surface area contributed by atoms with Crippen molar-refractivity contribution >= 4 is 40.8 Å². The van der Waals surface area contributed by atoms with E-state index in [-0.39, 0.29) is 26.6 Å². The van der Waals surface area contributed by atoms with Crippen molar-refractivity contribution in [3.8, 4) is 0 Å². The van der Waals surface area contributed by atoms with Crippen LogP contribution in [-0.2, 0) is 15.1 Å². The average molecular weight is 590 g/mol. The van der Waals surface area contributed by atoms with Gasteiger partial charge in [0.2, 0.25) is 5.91 Å². The van der Waals surface area contributed by atoms with E-state index in [1.807, 2.05) is 20.8 Å². The van der Waals surface area contributed by atoms with Gasteiger partial charge in [0.1, 0.15) is 11.6 Å². The highest BCUT2D eigenvalue weighted by Crippen LogP contribution is 2.50. The molecule has 4 rings (SSSR count).